The minimum absolute atomic E-state index is 0.173. The van der Waals surface area contributed by atoms with Crippen molar-refractivity contribution in [2.45, 2.75) is 58.3 Å². The Morgan fingerprint density at radius 3 is 2.76 bits per heavy atom. The first kappa shape index (κ1) is 20.7. The van der Waals surface area contributed by atoms with E-state index in [-0.39, 0.29) is 5.56 Å². The van der Waals surface area contributed by atoms with Crippen LogP contribution < -0.4 is 10.9 Å². The highest BCUT2D eigenvalue weighted by molar-refractivity contribution is 6.10. The largest absolute Gasteiger partial charge is 0.307 e. The Morgan fingerprint density at radius 1 is 1.34 bits per heavy atom. The maximum atomic E-state index is 12.5. The van der Waals surface area contributed by atoms with Crippen molar-refractivity contribution >= 4 is 17.4 Å². The topological polar surface area (TPSA) is 87.2 Å². The highest BCUT2D eigenvalue weighted by Gasteiger charge is 2.20. The van der Waals surface area contributed by atoms with Gasteiger partial charge in [0.1, 0.15) is 5.84 Å². The Hall–Kier alpha value is -3.02. The number of amidine groups is 1. The molecule has 1 fully saturated rings. The van der Waals surface area contributed by atoms with Crippen LogP contribution in [-0.2, 0) is 6.42 Å². The molecule has 1 aromatic carbocycles. The van der Waals surface area contributed by atoms with Crippen molar-refractivity contribution < 1.29 is 4.79 Å². The van der Waals surface area contributed by atoms with E-state index in [1.807, 2.05) is 0 Å². The van der Waals surface area contributed by atoms with E-state index in [9.17, 15) is 9.59 Å². The fourth-order valence-electron chi connectivity index (χ4n) is 4.00. The number of nitrogens with one attached hydrogen (secondary N) is 2. The average molecular weight is 393 g/mol. The molecule has 2 N–H and O–H groups in total. The molecular formula is C23H28N4O2. The molecule has 6 nitrogen and oxygen atoms in total. The summed E-state index contributed by atoms with van der Waals surface area (Å²) >= 11 is 0. The summed E-state index contributed by atoms with van der Waals surface area (Å²) in [6, 6.07) is 5.60. The number of aromatic amines is 1. The minimum Gasteiger partial charge on any atom is -0.307 e. The number of aryl methyl sites for hydroxylation is 1. The minimum atomic E-state index is -0.443. The Bertz CT molecular complexity index is 985. The zero-order valence-corrected chi connectivity index (χ0v) is 17.1. The summed E-state index contributed by atoms with van der Waals surface area (Å²) in [7, 11) is 0. The normalized spacial score (nSPS) is 15.2. The van der Waals surface area contributed by atoms with E-state index in [1.165, 1.54) is 61.6 Å². The van der Waals surface area contributed by atoms with E-state index >= 15 is 0 Å². The lowest BCUT2D eigenvalue weighted by molar-refractivity contribution is 0.0976. The lowest BCUT2D eigenvalue weighted by Crippen LogP contribution is -2.30. The standard InChI is InChI=1S/C23H28N4O2/c1-4-16-11-12-19(17-9-7-6-8-10-17)15(3)22(16)25-20(5-2)26-23(29)18-13-21(28)27-24-14-18/h5,11-14,17H,2,4,6-10H2,1,3H3,(H,27,28)(H,25,26,29). The SMILES string of the molecule is C=CC(=Nc1c(CC)ccc(C2CCCCC2)c1C)NC(=O)c1cn[nH]c(=O)c1. The molecule has 1 saturated carbocycles. The third-order valence-corrected chi connectivity index (χ3v) is 5.58. The molecule has 1 aliphatic rings. The molecule has 0 atom stereocenters. The molecule has 3 rings (SSSR count). The van der Waals surface area contributed by atoms with Gasteiger partial charge in [-0.2, -0.15) is 5.10 Å². The summed E-state index contributed by atoms with van der Waals surface area (Å²) in [5.41, 5.74) is 4.30. The maximum absolute atomic E-state index is 12.5. The number of amides is 1. The number of rotatable bonds is 5. The van der Waals surface area contributed by atoms with Crippen molar-refractivity contribution in [3.8, 4) is 0 Å². The second-order valence-corrected chi connectivity index (χ2v) is 7.47. The average Bonchev–Trinajstić information content (AvgIpc) is 2.74. The van der Waals surface area contributed by atoms with Crippen molar-refractivity contribution in [1.82, 2.24) is 15.5 Å². The van der Waals surface area contributed by atoms with Crippen LogP contribution in [0.2, 0.25) is 0 Å². The number of aromatic nitrogens is 2. The second-order valence-electron chi connectivity index (χ2n) is 7.47. The first-order valence-corrected chi connectivity index (χ1v) is 10.2. The molecule has 1 heterocycles. The monoisotopic (exact) mass is 392 g/mol. The molecule has 1 aliphatic carbocycles. The van der Waals surface area contributed by atoms with Gasteiger partial charge in [-0.25, -0.2) is 10.1 Å². The molecule has 1 aromatic heterocycles. The summed E-state index contributed by atoms with van der Waals surface area (Å²) in [4.78, 5) is 28.6. The maximum Gasteiger partial charge on any atom is 0.264 e. The Morgan fingerprint density at radius 2 is 2.10 bits per heavy atom. The number of aliphatic imine (C=N–C) groups is 1. The predicted molar refractivity (Wildman–Crippen MR) is 116 cm³/mol. The zero-order valence-electron chi connectivity index (χ0n) is 17.1. The fraction of sp³-hybridized carbons (Fsp3) is 0.391. The summed E-state index contributed by atoms with van der Waals surface area (Å²) in [6.07, 6.45) is 9.98. The molecule has 0 bridgehead atoms. The van der Waals surface area contributed by atoms with Gasteiger partial charge in [-0.1, -0.05) is 44.9 Å². The Labute approximate surface area is 171 Å². The van der Waals surface area contributed by atoms with E-state index in [0.29, 0.717) is 11.8 Å². The second kappa shape index (κ2) is 9.45. The van der Waals surface area contributed by atoms with Gasteiger partial charge in [-0.15, -0.1) is 0 Å². The number of benzene rings is 1. The van der Waals surface area contributed by atoms with Crippen molar-refractivity contribution in [2.75, 3.05) is 0 Å². The first-order chi connectivity index (χ1) is 14.0. The lowest BCUT2D eigenvalue weighted by Gasteiger charge is -2.25. The Balaban J connectivity index is 1.94. The van der Waals surface area contributed by atoms with E-state index in [0.717, 1.165) is 17.7 Å². The third-order valence-electron chi connectivity index (χ3n) is 5.58. The highest BCUT2D eigenvalue weighted by Crippen LogP contribution is 2.38. The summed E-state index contributed by atoms with van der Waals surface area (Å²) < 4.78 is 0. The molecule has 0 spiro atoms. The van der Waals surface area contributed by atoms with Gasteiger partial charge >= 0.3 is 0 Å². The van der Waals surface area contributed by atoms with Gasteiger partial charge in [0.05, 0.1) is 17.4 Å². The van der Waals surface area contributed by atoms with E-state index in [4.69, 9.17) is 4.99 Å². The number of carbonyl (C=O) groups is 1. The van der Waals surface area contributed by atoms with Crippen LogP contribution in [0.3, 0.4) is 0 Å². The molecule has 0 saturated heterocycles. The lowest BCUT2D eigenvalue weighted by atomic mass is 9.81. The van der Waals surface area contributed by atoms with Gasteiger partial charge in [0, 0.05) is 6.07 Å². The molecular weight excluding hydrogens is 364 g/mol. The first-order valence-electron chi connectivity index (χ1n) is 10.2. The van der Waals surface area contributed by atoms with Gasteiger partial charge in [0.25, 0.3) is 11.5 Å². The molecule has 29 heavy (non-hydrogen) atoms. The van der Waals surface area contributed by atoms with Crippen LogP contribution >= 0.6 is 0 Å². The highest BCUT2D eigenvalue weighted by atomic mass is 16.2. The number of H-pyrrole nitrogens is 1. The van der Waals surface area contributed by atoms with Crippen molar-refractivity contribution in [2.24, 2.45) is 4.99 Å². The molecule has 2 aromatic rings. The Kier molecular flexibility index (Phi) is 6.75. The quantitative estimate of drug-likeness (QED) is 0.586. The zero-order chi connectivity index (χ0) is 20.8. The molecule has 0 unspecified atom stereocenters. The fourth-order valence-corrected chi connectivity index (χ4v) is 4.00. The molecule has 1 amide bonds. The van der Waals surface area contributed by atoms with Gasteiger partial charge in [0.15, 0.2) is 0 Å². The van der Waals surface area contributed by atoms with Crippen molar-refractivity contribution in [3.05, 3.63) is 69.7 Å². The van der Waals surface area contributed by atoms with Crippen LogP contribution in [0.1, 0.15) is 72.0 Å². The van der Waals surface area contributed by atoms with E-state index in [2.05, 4.69) is 48.1 Å². The van der Waals surface area contributed by atoms with Gasteiger partial charge < -0.3 is 5.32 Å². The molecule has 6 heteroatoms. The van der Waals surface area contributed by atoms with Crippen molar-refractivity contribution in [3.63, 3.8) is 0 Å². The van der Waals surface area contributed by atoms with Gasteiger partial charge in [-0.05, 0) is 54.9 Å². The van der Waals surface area contributed by atoms with Gasteiger partial charge in [0.2, 0.25) is 0 Å². The molecule has 152 valence electrons. The smallest absolute Gasteiger partial charge is 0.264 e. The number of carbonyl (C=O) groups excluding carboxylic acids is 1. The van der Waals surface area contributed by atoms with E-state index in [1.54, 1.807) is 0 Å². The summed E-state index contributed by atoms with van der Waals surface area (Å²) in [5, 5.41) is 8.66. The van der Waals surface area contributed by atoms with Crippen LogP contribution in [0.15, 0.2) is 46.8 Å². The molecule has 0 aliphatic heterocycles. The third kappa shape index (κ3) is 4.88. The van der Waals surface area contributed by atoms with Crippen LogP contribution in [0, 0.1) is 6.92 Å². The van der Waals surface area contributed by atoms with Crippen LogP contribution in [-0.4, -0.2) is 21.9 Å². The van der Waals surface area contributed by atoms with Crippen molar-refractivity contribution in [1.29, 1.82) is 0 Å². The summed E-state index contributed by atoms with van der Waals surface area (Å²) in [5.74, 6) is 0.489. The van der Waals surface area contributed by atoms with E-state index < -0.39 is 11.5 Å². The van der Waals surface area contributed by atoms with Crippen LogP contribution in [0.5, 0.6) is 0 Å². The van der Waals surface area contributed by atoms with Crippen LogP contribution in [0.25, 0.3) is 0 Å². The number of hydrogen-bond donors (Lipinski definition) is 2. The molecule has 0 radical (unpaired) electrons. The number of nitrogens with zero attached hydrogens (tertiary/aromatic N) is 2. The summed E-state index contributed by atoms with van der Waals surface area (Å²) in [6.45, 7) is 8.01. The predicted octanol–water partition coefficient (Wildman–Crippen LogP) is 4.33. The van der Waals surface area contributed by atoms with Crippen LogP contribution in [0.4, 0.5) is 5.69 Å². The van der Waals surface area contributed by atoms with Gasteiger partial charge in [-0.3, -0.25) is 9.59 Å². The number of hydrogen-bond acceptors (Lipinski definition) is 4.